The summed E-state index contributed by atoms with van der Waals surface area (Å²) in [4.78, 5) is 0. The van der Waals surface area contributed by atoms with E-state index in [1.807, 2.05) is 0 Å². The molecule has 0 spiro atoms. The minimum atomic E-state index is 0.500. The van der Waals surface area contributed by atoms with Gasteiger partial charge < -0.3 is 10.8 Å². The van der Waals surface area contributed by atoms with Gasteiger partial charge in [-0.25, -0.2) is 0 Å². The Hall–Kier alpha value is -0.660. The van der Waals surface area contributed by atoms with Crippen LogP contribution in [0.2, 0.25) is 0 Å². The molecule has 0 aromatic rings. The van der Waals surface area contributed by atoms with Crippen LogP contribution in [0.5, 0.6) is 0 Å². The zero-order valence-electron chi connectivity index (χ0n) is 3.78. The first-order chi connectivity index (χ1) is 2.77. The van der Waals surface area contributed by atoms with Crippen molar-refractivity contribution in [3.63, 3.8) is 0 Å². The maximum absolute atomic E-state index is 6.74. The van der Waals surface area contributed by atoms with E-state index in [0.29, 0.717) is 12.1 Å². The van der Waals surface area contributed by atoms with Crippen LogP contribution in [0.15, 0.2) is 0 Å². The second-order valence-corrected chi connectivity index (χ2v) is 1.19. The lowest BCUT2D eigenvalue weighted by molar-refractivity contribution is 1.38. The predicted octanol–water partition coefficient (Wildman–Crippen LogP) is 1.07. The summed E-state index contributed by atoms with van der Waals surface area (Å²) in [6, 6.07) is 0. The molecule has 0 aromatic heterocycles. The van der Waals surface area contributed by atoms with Crippen molar-refractivity contribution in [1.29, 1.82) is 10.8 Å². The second kappa shape index (κ2) is 2.57. The molecule has 0 heterocycles. The smallest absolute Gasteiger partial charge is 0.0196 e. The van der Waals surface area contributed by atoms with Crippen molar-refractivity contribution >= 4 is 11.9 Å². The van der Waals surface area contributed by atoms with Gasteiger partial charge in [-0.2, -0.15) is 0 Å². The average Bonchev–Trinajstić information content (AvgIpc) is 1.35. The van der Waals surface area contributed by atoms with E-state index in [0.717, 1.165) is 0 Å². The largest absolute Gasteiger partial charge is 0.313 e. The lowest BCUT2D eigenvalue weighted by atomic mass is 10.3. The van der Waals surface area contributed by atoms with Crippen LogP contribution in [-0.2, 0) is 0 Å². The number of hydrogen-bond donors (Lipinski definition) is 2. The highest BCUT2D eigenvalue weighted by Gasteiger charge is 1.75. The maximum Gasteiger partial charge on any atom is 0.0196 e. The molecule has 0 atom stereocenters. The summed E-state index contributed by atoms with van der Waals surface area (Å²) in [6.45, 7) is 1.69. The Balaban J connectivity index is 3.05. The fraction of sp³-hybridized carbons (Fsp3) is 0.500. The van der Waals surface area contributed by atoms with Crippen molar-refractivity contribution in [2.24, 2.45) is 0 Å². The summed E-state index contributed by atoms with van der Waals surface area (Å²) < 4.78 is 0. The van der Waals surface area contributed by atoms with E-state index in [4.69, 9.17) is 10.8 Å². The Morgan fingerprint density at radius 1 is 1.83 bits per heavy atom. The van der Waals surface area contributed by atoms with E-state index < -0.39 is 0 Å². The standard InChI is InChI=1S/C4H8N2/c1-4(6)2-3-5/h3,5-6H,2H2,1H3. The molecule has 0 bridgehead atoms. The van der Waals surface area contributed by atoms with E-state index in [-0.39, 0.29) is 0 Å². The fourth-order valence-electron chi connectivity index (χ4n) is 0.153. The van der Waals surface area contributed by atoms with Crippen molar-refractivity contribution in [3.8, 4) is 0 Å². The first-order valence-corrected chi connectivity index (χ1v) is 1.80. The van der Waals surface area contributed by atoms with Crippen molar-refractivity contribution in [2.45, 2.75) is 13.3 Å². The number of rotatable bonds is 2. The van der Waals surface area contributed by atoms with E-state index >= 15 is 0 Å². The van der Waals surface area contributed by atoms with Gasteiger partial charge in [0.15, 0.2) is 0 Å². The minimum absolute atomic E-state index is 0.500. The predicted molar refractivity (Wildman–Crippen MR) is 26.8 cm³/mol. The SMILES string of the molecule is CC(=N)CC=N. The normalized spacial score (nSPS) is 7.50. The monoisotopic (exact) mass is 84.1 g/mol. The van der Waals surface area contributed by atoms with Gasteiger partial charge in [0.25, 0.3) is 0 Å². The molecule has 34 valence electrons. The van der Waals surface area contributed by atoms with Crippen LogP contribution in [0.4, 0.5) is 0 Å². The van der Waals surface area contributed by atoms with E-state index in [1.165, 1.54) is 6.21 Å². The highest BCUT2D eigenvalue weighted by atomic mass is 14.4. The van der Waals surface area contributed by atoms with Gasteiger partial charge in [-0.05, 0) is 6.92 Å². The van der Waals surface area contributed by atoms with Gasteiger partial charge in [0.1, 0.15) is 0 Å². The van der Waals surface area contributed by atoms with Crippen LogP contribution >= 0.6 is 0 Å². The van der Waals surface area contributed by atoms with Crippen molar-refractivity contribution in [3.05, 3.63) is 0 Å². The Morgan fingerprint density at radius 2 is 2.33 bits per heavy atom. The minimum Gasteiger partial charge on any atom is -0.313 e. The summed E-state index contributed by atoms with van der Waals surface area (Å²) in [7, 11) is 0. The molecule has 0 fully saturated rings. The summed E-state index contributed by atoms with van der Waals surface area (Å²) in [5.41, 5.74) is 0.546. The molecule has 0 aliphatic rings. The molecule has 2 nitrogen and oxygen atoms in total. The number of hydrogen-bond acceptors (Lipinski definition) is 2. The zero-order valence-corrected chi connectivity index (χ0v) is 3.78. The van der Waals surface area contributed by atoms with Crippen LogP contribution in [0.3, 0.4) is 0 Å². The molecule has 0 aromatic carbocycles. The maximum atomic E-state index is 6.74. The van der Waals surface area contributed by atoms with E-state index in [9.17, 15) is 0 Å². The van der Waals surface area contributed by atoms with Gasteiger partial charge in [0, 0.05) is 18.3 Å². The van der Waals surface area contributed by atoms with Crippen LogP contribution < -0.4 is 0 Å². The third kappa shape index (κ3) is 3.34. The molecule has 0 unspecified atom stereocenters. The topological polar surface area (TPSA) is 47.7 Å². The van der Waals surface area contributed by atoms with Crippen molar-refractivity contribution in [2.75, 3.05) is 0 Å². The molecule has 0 aliphatic carbocycles. The number of nitrogens with one attached hydrogen (secondary N) is 2. The molecule has 0 amide bonds. The van der Waals surface area contributed by atoms with Gasteiger partial charge in [-0.3, -0.25) is 0 Å². The summed E-state index contributed by atoms with van der Waals surface area (Å²) in [5, 5.41) is 13.2. The zero-order chi connectivity index (χ0) is 4.99. The van der Waals surface area contributed by atoms with Gasteiger partial charge >= 0.3 is 0 Å². The summed E-state index contributed by atoms with van der Waals surface area (Å²) in [6.07, 6.45) is 1.72. The first-order valence-electron chi connectivity index (χ1n) is 1.80. The summed E-state index contributed by atoms with van der Waals surface area (Å²) in [5.74, 6) is 0. The quantitative estimate of drug-likeness (QED) is 0.470. The van der Waals surface area contributed by atoms with Crippen LogP contribution in [0.25, 0.3) is 0 Å². The molecule has 2 heteroatoms. The van der Waals surface area contributed by atoms with Crippen LogP contribution in [-0.4, -0.2) is 11.9 Å². The Labute approximate surface area is 37.2 Å². The molecule has 0 aliphatic heterocycles. The van der Waals surface area contributed by atoms with Crippen molar-refractivity contribution in [1.82, 2.24) is 0 Å². The van der Waals surface area contributed by atoms with E-state index in [1.54, 1.807) is 6.92 Å². The van der Waals surface area contributed by atoms with Gasteiger partial charge in [-0.1, -0.05) is 0 Å². The molecule has 0 saturated carbocycles. The Morgan fingerprint density at radius 3 is 2.33 bits per heavy atom. The highest BCUT2D eigenvalue weighted by Crippen LogP contribution is 1.71. The van der Waals surface area contributed by atoms with Gasteiger partial charge in [-0.15, -0.1) is 0 Å². The van der Waals surface area contributed by atoms with Gasteiger partial charge in [0.05, 0.1) is 0 Å². The Kier molecular flexibility index (Phi) is 2.29. The molecule has 0 radical (unpaired) electrons. The highest BCUT2D eigenvalue weighted by molar-refractivity contribution is 5.90. The molecule has 6 heavy (non-hydrogen) atoms. The van der Waals surface area contributed by atoms with Gasteiger partial charge in [0.2, 0.25) is 0 Å². The molecular weight excluding hydrogens is 76.1 g/mol. The lowest BCUT2D eigenvalue weighted by Gasteiger charge is -1.79. The third-order valence-corrected chi connectivity index (χ3v) is 0.408. The average molecular weight is 84.1 g/mol. The molecule has 0 saturated heterocycles. The van der Waals surface area contributed by atoms with Crippen molar-refractivity contribution < 1.29 is 0 Å². The fourth-order valence-corrected chi connectivity index (χ4v) is 0.153. The Bertz CT molecular complexity index is 65.9. The molecule has 2 N–H and O–H groups in total. The summed E-state index contributed by atoms with van der Waals surface area (Å²) >= 11 is 0. The first kappa shape index (κ1) is 5.34. The lowest BCUT2D eigenvalue weighted by Crippen LogP contribution is -1.85. The van der Waals surface area contributed by atoms with E-state index in [2.05, 4.69) is 0 Å². The van der Waals surface area contributed by atoms with Crippen LogP contribution in [0, 0.1) is 10.8 Å². The van der Waals surface area contributed by atoms with Crippen LogP contribution in [0.1, 0.15) is 13.3 Å². The molecular formula is C4H8N2. The third-order valence-electron chi connectivity index (χ3n) is 0.408. The second-order valence-electron chi connectivity index (χ2n) is 1.19. The molecule has 0 rings (SSSR count).